The molecule has 10 rings (SSSR count). The first-order chi connectivity index (χ1) is 28.5. The minimum absolute atomic E-state index is 0.778. The van der Waals surface area contributed by atoms with E-state index in [1.54, 1.807) is 28.4 Å². The molecule has 0 N–H and O–H groups in total. The standard InChI is InChI=1S/C48H36N4O4.ClH.Tl/c1-53-33-13-5-29(6-14-33)45-37-21-23-39(49-37)46(30-7-15-34(54-2)16-8-30)41-25-27-43(51-41)48(32-11-19-36(56-4)20-12-32)44-28-26-42(52-44)47(40-24-22-38(45)50-40)31-9-17-35(55-3)18-10-31;;/h5-28H,1-4H3;1H;/q-2;;+3/p-1. The first-order valence-electron chi connectivity index (χ1n) is 18.9. The first kappa shape index (κ1) is 36.2. The summed E-state index contributed by atoms with van der Waals surface area (Å²) in [4.78, 5) is 10.9. The zero-order valence-corrected chi connectivity index (χ0v) is 37.5. The molecule has 0 amide bonds. The number of allylic oxidation sites excluding steroid dienone is 4. The number of rotatable bonds is 8. The second-order valence-corrected chi connectivity index (χ2v) is 24.0. The van der Waals surface area contributed by atoms with Gasteiger partial charge >= 0.3 is 351 Å². The summed E-state index contributed by atoms with van der Waals surface area (Å²) in [6, 6.07) is 41.6. The fourth-order valence-electron chi connectivity index (χ4n) is 8.31. The Morgan fingerprint density at radius 2 is 0.724 bits per heavy atom. The minimum atomic E-state index is -4.08. The van der Waals surface area contributed by atoms with Gasteiger partial charge in [-0.05, 0) is 0 Å². The molecule has 0 unspecified atom stereocenters. The average Bonchev–Trinajstić information content (AvgIpc) is 4.11. The molecule has 282 valence electrons. The number of hydrogen-bond donors (Lipinski definition) is 0. The fourth-order valence-corrected chi connectivity index (χ4v) is 19.8. The van der Waals surface area contributed by atoms with Crippen molar-refractivity contribution >= 4 is 64.1 Å². The van der Waals surface area contributed by atoms with Crippen molar-refractivity contribution < 1.29 is 18.9 Å². The van der Waals surface area contributed by atoms with Gasteiger partial charge in [-0.25, -0.2) is 0 Å². The van der Waals surface area contributed by atoms with Crippen molar-refractivity contribution in [2.24, 2.45) is 9.98 Å². The van der Waals surface area contributed by atoms with Crippen LogP contribution in [-0.4, -0.2) is 66.7 Å². The normalized spacial score (nSPS) is 15.2. The van der Waals surface area contributed by atoms with Crippen molar-refractivity contribution in [3.05, 3.63) is 201 Å². The molecule has 6 aromatic rings. The molecular weight excluding hydrogens is 936 g/mol. The quantitative estimate of drug-likeness (QED) is 0.146. The molecule has 0 radical (unpaired) electrons. The van der Waals surface area contributed by atoms with Crippen LogP contribution < -0.4 is 29.6 Å². The Morgan fingerprint density at radius 1 is 0.397 bits per heavy atom. The van der Waals surface area contributed by atoms with Gasteiger partial charge in [0.2, 0.25) is 0 Å². The summed E-state index contributed by atoms with van der Waals surface area (Å²) < 4.78 is 27.3. The van der Waals surface area contributed by atoms with Crippen LogP contribution in [0.15, 0.2) is 167 Å². The van der Waals surface area contributed by atoms with Gasteiger partial charge in [0.1, 0.15) is 0 Å². The van der Waals surface area contributed by atoms with Crippen LogP contribution in [0.4, 0.5) is 0 Å². The number of aromatic nitrogens is 2. The van der Waals surface area contributed by atoms with Gasteiger partial charge in [-0.1, -0.05) is 0 Å². The number of hydrogen-bond acceptors (Lipinski definition) is 6. The number of ether oxygens (including phenoxy) is 4. The molecule has 10 heteroatoms. The third kappa shape index (κ3) is 5.92. The molecule has 4 aromatic carbocycles. The average molecular weight is 973 g/mol. The van der Waals surface area contributed by atoms with E-state index in [-0.39, 0.29) is 0 Å². The van der Waals surface area contributed by atoms with Gasteiger partial charge in [-0.2, -0.15) is 0 Å². The molecule has 0 saturated carbocycles. The number of aliphatic imine (C=N–C) groups is 2. The van der Waals surface area contributed by atoms with Gasteiger partial charge < -0.3 is 0 Å². The van der Waals surface area contributed by atoms with Crippen molar-refractivity contribution in [3.63, 3.8) is 0 Å². The van der Waals surface area contributed by atoms with Crippen LogP contribution in [0.1, 0.15) is 33.6 Å². The van der Waals surface area contributed by atoms with Crippen molar-refractivity contribution in [1.29, 1.82) is 0 Å². The van der Waals surface area contributed by atoms with E-state index in [2.05, 4.69) is 102 Å². The van der Waals surface area contributed by atoms with E-state index in [0.717, 1.165) is 112 Å². The van der Waals surface area contributed by atoms with E-state index in [1.807, 2.05) is 48.5 Å². The number of benzene rings is 4. The molecular formula is C48H36ClN4O4Tl. The Hall–Kier alpha value is -6.11. The topological polar surface area (TPSA) is 71.5 Å². The number of fused-ring (bicyclic) bond motifs is 2. The van der Waals surface area contributed by atoms with Gasteiger partial charge in [0.15, 0.2) is 0 Å². The summed E-state index contributed by atoms with van der Waals surface area (Å²) in [5, 5.41) is 1.99. The van der Waals surface area contributed by atoms with E-state index in [1.165, 1.54) is 0 Å². The molecule has 0 atom stereocenters. The van der Waals surface area contributed by atoms with Crippen molar-refractivity contribution in [2.75, 3.05) is 28.4 Å². The van der Waals surface area contributed by atoms with Gasteiger partial charge in [-0.3, -0.25) is 0 Å². The molecule has 0 fully saturated rings. The molecule has 0 spiro atoms. The van der Waals surface area contributed by atoms with Crippen LogP contribution in [0, 0.1) is 0 Å². The van der Waals surface area contributed by atoms with Crippen LogP contribution in [0.25, 0.3) is 22.3 Å². The van der Waals surface area contributed by atoms with Gasteiger partial charge in [0, 0.05) is 0 Å². The zero-order chi connectivity index (χ0) is 39.5. The second kappa shape index (κ2) is 14.7. The number of nitrogens with zero attached hydrogens (tertiary/aromatic N) is 4. The van der Waals surface area contributed by atoms with Crippen molar-refractivity contribution in [2.45, 2.75) is 0 Å². The fraction of sp³-hybridized carbons (Fsp3) is 0.0833. The molecule has 6 heterocycles. The van der Waals surface area contributed by atoms with Crippen molar-refractivity contribution in [1.82, 2.24) is 4.75 Å². The molecule has 4 aliphatic rings. The van der Waals surface area contributed by atoms with E-state index in [4.69, 9.17) is 37.2 Å². The maximum atomic E-state index is 8.42. The second-order valence-electron chi connectivity index (χ2n) is 14.1. The summed E-state index contributed by atoms with van der Waals surface area (Å²) >= 11 is -4.08. The van der Waals surface area contributed by atoms with E-state index >= 15 is 0 Å². The summed E-state index contributed by atoms with van der Waals surface area (Å²) in [6.07, 6.45) is 8.50. The first-order valence-corrected chi connectivity index (χ1v) is 28.4. The molecule has 58 heavy (non-hydrogen) atoms. The van der Waals surface area contributed by atoms with Crippen LogP contribution in [0.5, 0.6) is 23.0 Å². The van der Waals surface area contributed by atoms with Crippen LogP contribution in [-0.2, 0) is 0 Å². The Balaban J connectivity index is 1.40. The summed E-state index contributed by atoms with van der Waals surface area (Å²) in [7, 11) is 15.2. The summed E-state index contributed by atoms with van der Waals surface area (Å²) in [6.45, 7) is 0. The Kier molecular flexibility index (Phi) is 9.18. The van der Waals surface area contributed by atoms with Crippen LogP contribution >= 0.6 is 8.32 Å². The Labute approximate surface area is 348 Å². The maximum absolute atomic E-state index is 8.42. The molecule has 0 aliphatic carbocycles. The SMILES string of the molecule is COc1ccc(C2=C3C=CC(=N3)C(c3ccc(OC)cc3)=c3ccc4[n]3[Tl]([Cl])[n]3c2ccc3C(c2ccc(OC)cc2)=C2C=CC(=N2)C=4c2ccc(OC)cc2)cc1. The summed E-state index contributed by atoms with van der Waals surface area (Å²) in [5.74, 6) is 3.11. The van der Waals surface area contributed by atoms with E-state index in [9.17, 15) is 0 Å². The molecule has 2 aromatic heterocycles. The van der Waals surface area contributed by atoms with Gasteiger partial charge in [-0.15, -0.1) is 0 Å². The van der Waals surface area contributed by atoms with Crippen molar-refractivity contribution in [3.8, 4) is 23.0 Å². The molecule has 8 nitrogen and oxygen atoms in total. The van der Waals surface area contributed by atoms with Crippen LogP contribution in [0.2, 0.25) is 0 Å². The molecule has 4 aliphatic heterocycles. The molecule has 6 bridgehead atoms. The number of methoxy groups -OCH3 is 4. The third-order valence-electron chi connectivity index (χ3n) is 11.1. The Bertz CT molecular complexity index is 2770. The summed E-state index contributed by atoms with van der Waals surface area (Å²) in [5.41, 5.74) is 13.4. The third-order valence-corrected chi connectivity index (χ3v) is 22.2. The van der Waals surface area contributed by atoms with E-state index in [0.29, 0.717) is 0 Å². The predicted octanol–water partition coefficient (Wildman–Crippen LogP) is 7.91. The number of halogens is 1. The predicted molar refractivity (Wildman–Crippen MR) is 233 cm³/mol. The van der Waals surface area contributed by atoms with Crippen LogP contribution in [0.3, 0.4) is 0 Å². The monoisotopic (exact) mass is 972 g/mol. The van der Waals surface area contributed by atoms with E-state index < -0.39 is 22.1 Å². The van der Waals surface area contributed by atoms with Gasteiger partial charge in [0.05, 0.1) is 0 Å². The Morgan fingerprint density at radius 3 is 1.05 bits per heavy atom. The zero-order valence-electron chi connectivity index (χ0n) is 32.2. The molecule has 0 saturated heterocycles. The van der Waals surface area contributed by atoms with Gasteiger partial charge in [0.25, 0.3) is 0 Å².